The highest BCUT2D eigenvalue weighted by Crippen LogP contribution is 2.25. The zero-order valence-corrected chi connectivity index (χ0v) is 23.2. The van der Waals surface area contributed by atoms with Crippen LogP contribution in [0.25, 0.3) is 10.9 Å². The molecule has 1 aromatic carbocycles. The van der Waals surface area contributed by atoms with Crippen LogP contribution in [0.3, 0.4) is 0 Å². The SMILES string of the molecule is C#CC[n+]1c2c(cc3cc(NC(=O)CCC(=O)NCCSc4nnc(S)s4)ccc31)CCCC2.[Br-]. The molecule has 0 saturated heterocycles. The number of hydrogen-bond donors (Lipinski definition) is 3. The van der Waals surface area contributed by atoms with E-state index in [0.717, 1.165) is 33.8 Å². The molecule has 11 heteroatoms. The lowest BCUT2D eigenvalue weighted by Crippen LogP contribution is -3.00. The number of benzene rings is 1. The van der Waals surface area contributed by atoms with Gasteiger partial charge < -0.3 is 27.6 Å². The number of hydrogen-bond acceptors (Lipinski definition) is 7. The lowest BCUT2D eigenvalue weighted by atomic mass is 9.94. The van der Waals surface area contributed by atoms with E-state index in [1.54, 1.807) is 0 Å². The molecule has 2 heterocycles. The lowest BCUT2D eigenvalue weighted by Gasteiger charge is -2.16. The fourth-order valence-corrected chi connectivity index (χ4v) is 6.11. The smallest absolute Gasteiger partial charge is 0.224 e. The summed E-state index contributed by atoms with van der Waals surface area (Å²) in [5.41, 5.74) is 4.46. The molecular formula is C24H26BrN5O2S3. The molecule has 1 aliphatic carbocycles. The van der Waals surface area contributed by atoms with Crippen molar-refractivity contribution >= 4 is 64.1 Å². The highest BCUT2D eigenvalue weighted by atomic mass is 79.9. The molecule has 0 atom stereocenters. The van der Waals surface area contributed by atoms with Gasteiger partial charge in [0.15, 0.2) is 14.4 Å². The molecule has 2 N–H and O–H groups in total. The number of aryl methyl sites for hydroxylation is 1. The van der Waals surface area contributed by atoms with Gasteiger partial charge in [-0.1, -0.05) is 23.1 Å². The molecule has 35 heavy (non-hydrogen) atoms. The Morgan fingerprint density at radius 2 is 1.97 bits per heavy atom. The Morgan fingerprint density at radius 3 is 2.74 bits per heavy atom. The van der Waals surface area contributed by atoms with Crippen LogP contribution in [0.2, 0.25) is 0 Å². The Balaban J connectivity index is 0.00000342. The molecule has 0 saturated carbocycles. The summed E-state index contributed by atoms with van der Waals surface area (Å²) >= 11 is 7.04. The number of carbonyl (C=O) groups is 2. The fourth-order valence-electron chi connectivity index (χ4n) is 4.10. The van der Waals surface area contributed by atoms with E-state index in [1.165, 1.54) is 47.2 Å². The minimum atomic E-state index is -0.187. The van der Waals surface area contributed by atoms with Crippen molar-refractivity contribution in [3.8, 4) is 12.3 Å². The number of anilines is 1. The van der Waals surface area contributed by atoms with Crippen molar-refractivity contribution in [2.45, 2.75) is 53.7 Å². The van der Waals surface area contributed by atoms with E-state index in [2.05, 4.69) is 50.0 Å². The van der Waals surface area contributed by atoms with Crippen molar-refractivity contribution < 1.29 is 31.1 Å². The Hall–Kier alpha value is -2.13. The zero-order valence-electron chi connectivity index (χ0n) is 19.1. The van der Waals surface area contributed by atoms with E-state index < -0.39 is 0 Å². The van der Waals surface area contributed by atoms with E-state index in [9.17, 15) is 9.59 Å². The number of thiol groups is 1. The standard InChI is InChI=1S/C24H25N5O2S3.BrH/c1-2-12-29-19-6-4-3-5-16(19)14-17-15-18(7-8-20(17)29)26-22(31)10-9-21(30)25-11-13-33-24-28-27-23(32)34-24;/h1,7-8,14-15H,3-6,9-13H2,(H2-,25,26,27,30,31,32);1H. The van der Waals surface area contributed by atoms with Crippen molar-refractivity contribution in [2.75, 3.05) is 17.6 Å². The molecule has 184 valence electrons. The number of carbonyl (C=O) groups excluding carboxylic acids is 2. The van der Waals surface area contributed by atoms with Crippen LogP contribution in [0.5, 0.6) is 0 Å². The number of halogens is 1. The second kappa shape index (κ2) is 13.3. The second-order valence-corrected chi connectivity index (χ2v) is 11.0. The Kier molecular flexibility index (Phi) is 10.4. The topological polar surface area (TPSA) is 87.9 Å². The minimum Gasteiger partial charge on any atom is -1.00 e. The average molecular weight is 593 g/mol. The van der Waals surface area contributed by atoms with Gasteiger partial charge in [-0.3, -0.25) is 9.59 Å². The molecule has 0 aliphatic heterocycles. The summed E-state index contributed by atoms with van der Waals surface area (Å²) in [5, 5.41) is 14.6. The molecule has 2 aromatic heterocycles. The van der Waals surface area contributed by atoms with E-state index in [-0.39, 0.29) is 41.6 Å². The lowest BCUT2D eigenvalue weighted by molar-refractivity contribution is -0.667. The van der Waals surface area contributed by atoms with Crippen LogP contribution in [0.15, 0.2) is 32.9 Å². The second-order valence-electron chi connectivity index (χ2n) is 7.98. The van der Waals surface area contributed by atoms with Crippen LogP contribution in [0.4, 0.5) is 5.69 Å². The molecule has 0 unspecified atom stereocenters. The minimum absolute atomic E-state index is 0. The Morgan fingerprint density at radius 1 is 1.17 bits per heavy atom. The van der Waals surface area contributed by atoms with Crippen molar-refractivity contribution in [1.29, 1.82) is 0 Å². The molecular weight excluding hydrogens is 566 g/mol. The molecule has 2 amide bonds. The van der Waals surface area contributed by atoms with Gasteiger partial charge in [0, 0.05) is 54.3 Å². The van der Waals surface area contributed by atoms with Crippen LogP contribution in [0, 0.1) is 12.3 Å². The normalized spacial score (nSPS) is 12.3. The summed E-state index contributed by atoms with van der Waals surface area (Å²) in [6, 6.07) is 8.10. The van der Waals surface area contributed by atoms with Crippen molar-refractivity contribution in [2.24, 2.45) is 0 Å². The monoisotopic (exact) mass is 591 g/mol. The van der Waals surface area contributed by atoms with E-state index >= 15 is 0 Å². The van der Waals surface area contributed by atoms with Crippen molar-refractivity contribution in [3.05, 3.63) is 35.5 Å². The number of amides is 2. The van der Waals surface area contributed by atoms with Gasteiger partial charge in [0.05, 0.1) is 0 Å². The summed E-state index contributed by atoms with van der Waals surface area (Å²) in [7, 11) is 0. The predicted octanol–water partition coefficient (Wildman–Crippen LogP) is 0.411. The first-order chi connectivity index (χ1) is 16.5. The third-order valence-electron chi connectivity index (χ3n) is 5.61. The quantitative estimate of drug-likeness (QED) is 0.110. The van der Waals surface area contributed by atoms with Gasteiger partial charge >= 0.3 is 0 Å². The molecule has 1 aliphatic rings. The maximum atomic E-state index is 12.4. The number of pyridine rings is 1. The first-order valence-corrected chi connectivity index (χ1v) is 13.4. The van der Waals surface area contributed by atoms with Crippen molar-refractivity contribution in [3.63, 3.8) is 0 Å². The summed E-state index contributed by atoms with van der Waals surface area (Å²) in [6.07, 6.45) is 10.4. The Bertz CT molecular complexity index is 1260. The number of nitrogens with zero attached hydrogens (tertiary/aromatic N) is 3. The van der Waals surface area contributed by atoms with E-state index in [4.69, 9.17) is 6.42 Å². The van der Waals surface area contributed by atoms with Crippen LogP contribution in [-0.4, -0.2) is 34.3 Å². The average Bonchev–Trinajstić information content (AvgIpc) is 3.25. The molecule has 0 bridgehead atoms. The molecule has 7 nitrogen and oxygen atoms in total. The van der Waals surface area contributed by atoms with Crippen LogP contribution in [-0.2, 0) is 29.0 Å². The Labute approximate surface area is 229 Å². The zero-order chi connectivity index (χ0) is 23.9. The first kappa shape index (κ1) is 27.5. The van der Waals surface area contributed by atoms with Gasteiger partial charge in [0.1, 0.15) is 0 Å². The number of nitrogens with one attached hydrogen (secondary N) is 2. The van der Waals surface area contributed by atoms with Gasteiger partial charge in [-0.05, 0) is 43.4 Å². The van der Waals surface area contributed by atoms with Gasteiger partial charge in [-0.2, -0.15) is 4.57 Å². The first-order valence-electron chi connectivity index (χ1n) is 11.2. The highest BCUT2D eigenvalue weighted by Gasteiger charge is 2.23. The van der Waals surface area contributed by atoms with E-state index in [0.29, 0.717) is 23.2 Å². The number of thioether (sulfide) groups is 1. The molecule has 4 rings (SSSR count). The molecule has 0 spiro atoms. The molecule has 0 fully saturated rings. The number of fused-ring (bicyclic) bond motifs is 2. The van der Waals surface area contributed by atoms with Crippen molar-refractivity contribution in [1.82, 2.24) is 15.5 Å². The van der Waals surface area contributed by atoms with Crippen LogP contribution < -0.4 is 32.2 Å². The van der Waals surface area contributed by atoms with Gasteiger partial charge in [-0.15, -0.1) is 29.2 Å². The van der Waals surface area contributed by atoms with Crippen LogP contribution in [0.1, 0.15) is 36.9 Å². The molecule has 3 aromatic rings. The van der Waals surface area contributed by atoms with Gasteiger partial charge in [-0.25, -0.2) is 0 Å². The summed E-state index contributed by atoms with van der Waals surface area (Å²) in [4.78, 5) is 24.5. The maximum absolute atomic E-state index is 12.4. The third-order valence-corrected chi connectivity index (χ3v) is 7.84. The van der Waals surface area contributed by atoms with Crippen LogP contribution >= 0.6 is 35.7 Å². The number of rotatable bonds is 9. The third kappa shape index (κ3) is 7.43. The number of terminal acetylenes is 1. The molecule has 0 radical (unpaired) electrons. The van der Waals surface area contributed by atoms with E-state index in [1.807, 2.05) is 18.2 Å². The van der Waals surface area contributed by atoms with Gasteiger partial charge in [0.25, 0.3) is 0 Å². The summed E-state index contributed by atoms with van der Waals surface area (Å²) in [5.74, 6) is 3.12. The fraction of sp³-hybridized carbons (Fsp3) is 0.375. The number of aromatic nitrogens is 3. The largest absolute Gasteiger partial charge is 1.00 e. The maximum Gasteiger partial charge on any atom is 0.224 e. The van der Waals surface area contributed by atoms with Gasteiger partial charge in [0.2, 0.25) is 23.9 Å². The summed E-state index contributed by atoms with van der Waals surface area (Å²) in [6.45, 7) is 1.04. The predicted molar refractivity (Wildman–Crippen MR) is 138 cm³/mol. The highest BCUT2D eigenvalue weighted by molar-refractivity contribution is 8.01. The summed E-state index contributed by atoms with van der Waals surface area (Å²) < 4.78 is 3.66.